The zero-order chi connectivity index (χ0) is 49.2. The maximum atomic E-state index is 14.0. The first-order valence-corrected chi connectivity index (χ1v) is 23.9. The number of thiazole rings is 1. The highest BCUT2D eigenvalue weighted by Gasteiger charge is 2.50. The summed E-state index contributed by atoms with van der Waals surface area (Å²) in [6.07, 6.45) is 1.34. The lowest BCUT2D eigenvalue weighted by atomic mass is 9.85. The van der Waals surface area contributed by atoms with Crippen LogP contribution in [0.15, 0.2) is 72.2 Å². The van der Waals surface area contributed by atoms with Crippen molar-refractivity contribution in [2.45, 2.75) is 97.5 Å². The zero-order valence-electron chi connectivity index (χ0n) is 39.7. The van der Waals surface area contributed by atoms with Crippen LogP contribution in [-0.4, -0.2) is 114 Å². The first kappa shape index (κ1) is 51.4. The number of aliphatic hydroxyl groups excluding tert-OH is 1. The molecule has 18 heteroatoms. The summed E-state index contributed by atoms with van der Waals surface area (Å²) in [7, 11) is 1.48. The monoisotopic (exact) mass is 967 g/mol. The number of carbonyl (C=O) groups is 4. The van der Waals surface area contributed by atoms with Crippen molar-refractivity contribution in [1.29, 1.82) is 0 Å². The third kappa shape index (κ3) is 12.4. The molecule has 0 saturated carbocycles. The summed E-state index contributed by atoms with van der Waals surface area (Å²) < 4.78 is 22.7. The normalized spacial score (nSPS) is 17.2. The summed E-state index contributed by atoms with van der Waals surface area (Å²) in [4.78, 5) is 67.5. The number of aromatic nitrogens is 1. The summed E-state index contributed by atoms with van der Waals surface area (Å²) in [5.74, 6) is -0.426. The summed E-state index contributed by atoms with van der Waals surface area (Å²) in [6, 6.07) is 18.4. The van der Waals surface area contributed by atoms with Crippen molar-refractivity contribution in [2.24, 2.45) is 5.41 Å². The molecular weight excluding hydrogens is 907 g/mol. The van der Waals surface area contributed by atoms with Crippen LogP contribution in [-0.2, 0) is 35.2 Å². The molecule has 4 aromatic rings. The quantitative estimate of drug-likeness (QED) is 0.0444. The third-order valence-corrected chi connectivity index (χ3v) is 13.1. The molecule has 2 saturated heterocycles. The molecule has 3 heterocycles. The van der Waals surface area contributed by atoms with Crippen molar-refractivity contribution < 1.29 is 43.2 Å². The van der Waals surface area contributed by atoms with Gasteiger partial charge in [-0.3, -0.25) is 24.1 Å². The molecule has 2 fully saturated rings. The Hall–Kier alpha value is -5.97. The molecule has 68 heavy (non-hydrogen) atoms. The van der Waals surface area contributed by atoms with Crippen LogP contribution in [0, 0.1) is 18.9 Å². The van der Waals surface area contributed by atoms with E-state index in [9.17, 15) is 24.3 Å². The van der Waals surface area contributed by atoms with Crippen molar-refractivity contribution >= 4 is 69.4 Å². The van der Waals surface area contributed by atoms with Gasteiger partial charge in [0, 0.05) is 45.0 Å². The average molecular weight is 968 g/mol. The first-order valence-electron chi connectivity index (χ1n) is 22.6. The third-order valence-electron chi connectivity index (χ3n) is 11.8. The van der Waals surface area contributed by atoms with Gasteiger partial charge in [0.05, 0.1) is 48.2 Å². The molecule has 2 aliphatic rings. The molecule has 0 unspecified atom stereocenters. The molecule has 6 rings (SSSR count). The van der Waals surface area contributed by atoms with Gasteiger partial charge in [0.15, 0.2) is 5.11 Å². The van der Waals surface area contributed by atoms with Crippen LogP contribution in [0.1, 0.15) is 71.6 Å². The minimum atomic E-state index is -0.963. The van der Waals surface area contributed by atoms with E-state index < -0.39 is 41.0 Å². The number of unbranched alkanes of at least 4 members (excludes halogenated alkanes) is 1. The predicted molar refractivity (Wildman–Crippen MR) is 265 cm³/mol. The van der Waals surface area contributed by atoms with Gasteiger partial charge in [-0.05, 0) is 105 Å². The minimum Gasteiger partial charge on any atom is -0.508 e. The number of ether oxygens (including phenoxy) is 4. The number of carbonyl (C=O) groups excluding carboxylic acids is 4. The Morgan fingerprint density at radius 1 is 0.985 bits per heavy atom. The average Bonchev–Trinajstić information content (AvgIpc) is 3.98. The largest absolute Gasteiger partial charge is 0.508 e. The maximum Gasteiger partial charge on any atom is 0.259 e. The van der Waals surface area contributed by atoms with Crippen molar-refractivity contribution in [3.05, 3.63) is 94.9 Å². The van der Waals surface area contributed by atoms with Crippen LogP contribution in [0.2, 0.25) is 0 Å². The number of amides is 4. The summed E-state index contributed by atoms with van der Waals surface area (Å²) in [5.41, 5.74) is 4.66. The van der Waals surface area contributed by atoms with Gasteiger partial charge in [0.2, 0.25) is 23.4 Å². The number of benzene rings is 3. The molecule has 362 valence electrons. The molecule has 3 atom stereocenters. The molecule has 16 nitrogen and oxygen atoms in total. The fourth-order valence-corrected chi connectivity index (χ4v) is 9.39. The molecule has 0 bridgehead atoms. The van der Waals surface area contributed by atoms with Gasteiger partial charge in [-0.15, -0.1) is 11.3 Å². The minimum absolute atomic E-state index is 0.0145. The number of likely N-dealkylation sites (tertiary alicyclic amines) is 1. The van der Waals surface area contributed by atoms with Crippen LogP contribution in [0.4, 0.5) is 17.1 Å². The van der Waals surface area contributed by atoms with Gasteiger partial charge >= 0.3 is 0 Å². The van der Waals surface area contributed by atoms with E-state index in [-0.39, 0.29) is 44.5 Å². The van der Waals surface area contributed by atoms with Gasteiger partial charge in [0.25, 0.3) is 5.91 Å². The number of anilines is 2. The first-order chi connectivity index (χ1) is 32.4. The van der Waals surface area contributed by atoms with Gasteiger partial charge < -0.3 is 44.5 Å². The topological polar surface area (TPSA) is 176 Å². The highest BCUT2D eigenvalue weighted by atomic mass is 32.1. The number of methoxy groups -OCH3 is 1. The number of hydrogen-bond donors (Lipinski definition) is 3. The lowest BCUT2D eigenvalue weighted by Gasteiger charge is -2.35. The van der Waals surface area contributed by atoms with E-state index in [2.05, 4.69) is 20.5 Å². The number of β-amino-alcohol motifs (C(OH)–C–C–N with tert-alkyl or cyclic N) is 1. The number of nitrogens with one attached hydrogen (secondary N) is 2. The Morgan fingerprint density at radius 2 is 1.66 bits per heavy atom. The second-order valence-corrected chi connectivity index (χ2v) is 19.5. The second-order valence-electron chi connectivity index (χ2n) is 18.3. The van der Waals surface area contributed by atoms with Crippen molar-refractivity contribution in [3.8, 4) is 21.9 Å². The van der Waals surface area contributed by atoms with E-state index in [0.717, 1.165) is 40.2 Å². The van der Waals surface area contributed by atoms with Crippen molar-refractivity contribution in [2.75, 3.05) is 56.5 Å². The Balaban J connectivity index is 0.859. The van der Waals surface area contributed by atoms with Crippen molar-refractivity contribution in [3.63, 3.8) is 0 Å². The van der Waals surface area contributed by atoms with E-state index in [4.69, 9.17) is 37.7 Å². The number of hydrogen-bond acceptors (Lipinski definition) is 12. The summed E-state index contributed by atoms with van der Waals surface area (Å²) in [6.45, 7) is 20.2. The number of rotatable bonds is 21. The van der Waals surface area contributed by atoms with E-state index >= 15 is 0 Å². The van der Waals surface area contributed by atoms with Gasteiger partial charge in [0.1, 0.15) is 35.7 Å². The van der Waals surface area contributed by atoms with Crippen LogP contribution in [0.25, 0.3) is 15.3 Å². The fourth-order valence-electron chi connectivity index (χ4n) is 8.05. The zero-order valence-corrected chi connectivity index (χ0v) is 41.3. The number of aliphatic hydroxyl groups is 1. The Bertz CT molecular complexity index is 2470. The van der Waals surface area contributed by atoms with E-state index in [1.54, 1.807) is 29.5 Å². The highest BCUT2D eigenvalue weighted by Crippen LogP contribution is 2.40. The Labute approximate surface area is 407 Å². The predicted octanol–water partition coefficient (Wildman–Crippen LogP) is 6.99. The molecule has 0 aliphatic carbocycles. The Morgan fingerprint density at radius 3 is 2.32 bits per heavy atom. The molecule has 4 amide bonds. The number of thiocarbonyl (C=S) groups is 1. The van der Waals surface area contributed by atoms with Crippen LogP contribution < -0.4 is 29.9 Å². The molecule has 2 aliphatic heterocycles. The van der Waals surface area contributed by atoms with Gasteiger partial charge in [-0.25, -0.2) is 9.83 Å². The lowest BCUT2D eigenvalue weighted by Crippen LogP contribution is -2.58. The van der Waals surface area contributed by atoms with E-state index in [1.807, 2.05) is 100 Å². The molecular formula is C50H61N7O9S2. The molecule has 1 aromatic heterocycles. The smallest absolute Gasteiger partial charge is 0.259 e. The lowest BCUT2D eigenvalue weighted by molar-refractivity contribution is -0.144. The van der Waals surface area contributed by atoms with E-state index in [1.165, 1.54) is 16.9 Å². The SMILES string of the molecule is [C-]#[N+]c1ccc(N2C(=O)C(C)(C)N(c3ccc(OCCCCOCCCOCC(=O)N[C@H](C(=O)N4C[C@H](O)C[C@H]4C(=O)NCc4ccc(-c5scnc5C)cc4)C(C)(C)C)cc3)C2=S)cc1OC. The second kappa shape index (κ2) is 22.9. The molecule has 3 aromatic carbocycles. The maximum absolute atomic E-state index is 14.0. The standard InChI is InChI=1S/C50H61N7O9S2/c1-32-43(68-31-53-32)34-14-12-33(13-15-34)28-52-45(60)40-27-37(58)29-55(40)46(61)44(49(2,3)4)54-42(59)30-65-24-11-23-64-22-9-10-25-66-38-19-16-35(17-20-38)57-48(67)56(47(62)50(57,5)6)36-18-21-39(51-7)41(26-36)63-8/h12-21,26,31,37,40,44,58H,9-11,22-25,27-30H2,1-6,8H3,(H,52,60)(H,54,59)/t37-,40+,44-/m1/s1. The molecule has 0 radical (unpaired) electrons. The van der Waals surface area contributed by atoms with Crippen LogP contribution in [0.5, 0.6) is 11.5 Å². The highest BCUT2D eigenvalue weighted by molar-refractivity contribution is 7.81. The van der Waals surface area contributed by atoms with Crippen LogP contribution >= 0.6 is 23.6 Å². The Kier molecular flexibility index (Phi) is 17.3. The molecule has 3 N–H and O–H groups in total. The molecule has 0 spiro atoms. The van der Waals surface area contributed by atoms with Gasteiger partial charge in [-0.1, -0.05) is 51.1 Å². The number of nitrogens with zero attached hydrogens (tertiary/aromatic N) is 5. The summed E-state index contributed by atoms with van der Waals surface area (Å²) >= 11 is 7.38. The van der Waals surface area contributed by atoms with Crippen LogP contribution in [0.3, 0.4) is 0 Å². The summed E-state index contributed by atoms with van der Waals surface area (Å²) in [5, 5.41) is 16.6. The van der Waals surface area contributed by atoms with E-state index in [0.29, 0.717) is 54.2 Å². The van der Waals surface area contributed by atoms with Crippen molar-refractivity contribution in [1.82, 2.24) is 20.5 Å². The van der Waals surface area contributed by atoms with Gasteiger partial charge in [-0.2, -0.15) is 0 Å². The number of aryl methyl sites for hydroxylation is 1. The fraction of sp³-hybridized carbons (Fsp3) is 0.460.